The van der Waals surface area contributed by atoms with Gasteiger partial charge in [0.05, 0.1) is 31.4 Å². The number of unbranched alkanes of at least 4 members (excludes halogenated alkanes) is 1. The molecule has 2 atom stereocenters. The zero-order valence-corrected chi connectivity index (χ0v) is 21.7. The minimum Gasteiger partial charge on any atom is -0.507 e. The second kappa shape index (κ2) is 11.3. The Kier molecular flexibility index (Phi) is 7.74. The highest BCUT2D eigenvalue weighted by molar-refractivity contribution is 6.46. The summed E-state index contributed by atoms with van der Waals surface area (Å²) in [4.78, 5) is 28.2. The highest BCUT2D eigenvalue weighted by atomic mass is 16.6. The molecule has 0 saturated carbocycles. The predicted molar refractivity (Wildman–Crippen MR) is 139 cm³/mol. The number of aliphatic hydroxyl groups excluding tert-OH is 1. The quantitative estimate of drug-likeness (QED) is 0.225. The van der Waals surface area contributed by atoms with E-state index < -0.39 is 17.7 Å². The maximum absolute atomic E-state index is 13.4. The molecule has 2 fully saturated rings. The third-order valence-corrected chi connectivity index (χ3v) is 7.04. The molecule has 2 aromatic rings. The largest absolute Gasteiger partial charge is 0.507 e. The van der Waals surface area contributed by atoms with E-state index in [0.29, 0.717) is 60.6 Å². The van der Waals surface area contributed by atoms with E-state index in [-0.39, 0.29) is 24.0 Å². The van der Waals surface area contributed by atoms with Crippen molar-refractivity contribution in [3.05, 3.63) is 53.1 Å². The Bertz CT molecular complexity index is 1230. The highest BCUT2D eigenvalue weighted by Gasteiger charge is 2.47. The lowest BCUT2D eigenvalue weighted by Gasteiger charge is -2.28. The molecule has 3 aliphatic rings. The second-order valence-corrected chi connectivity index (χ2v) is 9.56. The number of benzene rings is 2. The molecule has 0 aliphatic carbocycles. The monoisotopic (exact) mass is 523 g/mol. The molecule has 202 valence electrons. The average Bonchev–Trinajstić information content (AvgIpc) is 3.55. The average molecular weight is 524 g/mol. The van der Waals surface area contributed by atoms with Crippen LogP contribution in [0.1, 0.15) is 49.8 Å². The third-order valence-electron chi connectivity index (χ3n) is 7.04. The summed E-state index contributed by atoms with van der Waals surface area (Å²) in [5.74, 6) is 0.400. The Hall–Kier alpha value is -3.72. The van der Waals surface area contributed by atoms with Gasteiger partial charge in [0.15, 0.2) is 23.0 Å². The van der Waals surface area contributed by atoms with Gasteiger partial charge in [0.2, 0.25) is 0 Å². The molecule has 5 rings (SSSR count). The van der Waals surface area contributed by atoms with Crippen LogP contribution in [0, 0.1) is 0 Å². The van der Waals surface area contributed by atoms with Crippen LogP contribution >= 0.6 is 0 Å². The molecule has 0 spiro atoms. The number of amides is 1. The smallest absolute Gasteiger partial charge is 0.295 e. The van der Waals surface area contributed by atoms with Gasteiger partial charge in [-0.25, -0.2) is 0 Å². The van der Waals surface area contributed by atoms with Crippen molar-refractivity contribution in [1.29, 1.82) is 0 Å². The number of Topliss-reactive ketones (excluding diaryl/α,β-unsaturated/α-hetero) is 1. The maximum Gasteiger partial charge on any atom is 0.295 e. The SMILES string of the molecule is CCCCOc1ccc(C2C(=C(O)c3ccc4c(c3)OCCO4)C(=O)C(=O)N2CC2CCCO2)cc1OC. The Morgan fingerprint density at radius 3 is 2.61 bits per heavy atom. The van der Waals surface area contributed by atoms with Crippen LogP contribution in [-0.4, -0.2) is 67.9 Å². The number of hydrogen-bond donors (Lipinski definition) is 1. The molecule has 2 saturated heterocycles. The fourth-order valence-corrected chi connectivity index (χ4v) is 5.07. The number of likely N-dealkylation sites (tertiary alicyclic amines) is 1. The molecular weight excluding hydrogens is 490 g/mol. The van der Waals surface area contributed by atoms with Gasteiger partial charge in [0.1, 0.15) is 19.0 Å². The number of carbonyl (C=O) groups is 2. The van der Waals surface area contributed by atoms with Crippen LogP contribution in [-0.2, 0) is 14.3 Å². The number of rotatable bonds is 9. The molecule has 38 heavy (non-hydrogen) atoms. The van der Waals surface area contributed by atoms with Crippen molar-refractivity contribution in [3.63, 3.8) is 0 Å². The van der Waals surface area contributed by atoms with Gasteiger partial charge in [0, 0.05) is 18.7 Å². The Balaban J connectivity index is 1.57. The Morgan fingerprint density at radius 2 is 1.87 bits per heavy atom. The van der Waals surface area contributed by atoms with Crippen molar-refractivity contribution >= 4 is 17.4 Å². The first kappa shape index (κ1) is 25.9. The minimum absolute atomic E-state index is 0.00591. The zero-order chi connectivity index (χ0) is 26.6. The molecule has 0 aromatic heterocycles. The molecule has 0 bridgehead atoms. The van der Waals surface area contributed by atoms with Crippen molar-refractivity contribution in [2.24, 2.45) is 0 Å². The van der Waals surface area contributed by atoms with Crippen LogP contribution in [0.4, 0.5) is 0 Å². The third kappa shape index (κ3) is 5.03. The van der Waals surface area contributed by atoms with E-state index >= 15 is 0 Å². The van der Waals surface area contributed by atoms with E-state index in [1.54, 1.807) is 43.5 Å². The zero-order valence-electron chi connectivity index (χ0n) is 21.7. The highest BCUT2D eigenvalue weighted by Crippen LogP contribution is 2.43. The fraction of sp³-hybridized carbons (Fsp3) is 0.448. The number of ether oxygens (including phenoxy) is 5. The number of nitrogens with zero attached hydrogens (tertiary/aromatic N) is 1. The van der Waals surface area contributed by atoms with Crippen molar-refractivity contribution < 1.29 is 38.4 Å². The summed E-state index contributed by atoms with van der Waals surface area (Å²) in [5, 5.41) is 11.4. The van der Waals surface area contributed by atoms with Gasteiger partial charge in [-0.1, -0.05) is 19.4 Å². The molecule has 1 N–H and O–H groups in total. The van der Waals surface area contributed by atoms with E-state index in [9.17, 15) is 14.7 Å². The summed E-state index contributed by atoms with van der Waals surface area (Å²) in [6, 6.07) is 9.48. The lowest BCUT2D eigenvalue weighted by molar-refractivity contribution is -0.140. The van der Waals surface area contributed by atoms with Gasteiger partial charge in [-0.2, -0.15) is 0 Å². The summed E-state index contributed by atoms with van der Waals surface area (Å²) in [6.45, 7) is 4.32. The number of aliphatic hydroxyl groups is 1. The topological polar surface area (TPSA) is 104 Å². The Morgan fingerprint density at radius 1 is 1.05 bits per heavy atom. The molecule has 0 radical (unpaired) electrons. The van der Waals surface area contributed by atoms with Gasteiger partial charge in [0.25, 0.3) is 11.7 Å². The van der Waals surface area contributed by atoms with Gasteiger partial charge in [-0.3, -0.25) is 9.59 Å². The molecule has 9 heteroatoms. The van der Waals surface area contributed by atoms with Crippen LogP contribution in [0.5, 0.6) is 23.0 Å². The Labute approximate surface area is 221 Å². The van der Waals surface area contributed by atoms with Crippen LogP contribution in [0.25, 0.3) is 5.76 Å². The standard InChI is InChI=1S/C29H33NO8/c1-3-4-11-36-21-9-7-18(15-23(21)34-2)26-25(28(32)29(33)30(26)17-20-6-5-12-35-20)27(31)19-8-10-22-24(16-19)38-14-13-37-22/h7-10,15-16,20,26,31H,3-6,11-14,17H2,1-2H3. The number of hydrogen-bond acceptors (Lipinski definition) is 8. The van der Waals surface area contributed by atoms with E-state index in [1.165, 1.54) is 4.90 Å². The fourth-order valence-electron chi connectivity index (χ4n) is 5.07. The number of carbonyl (C=O) groups excluding carboxylic acids is 2. The molecule has 9 nitrogen and oxygen atoms in total. The van der Waals surface area contributed by atoms with Crippen molar-refractivity contribution in [3.8, 4) is 23.0 Å². The van der Waals surface area contributed by atoms with Crippen molar-refractivity contribution in [2.45, 2.75) is 44.8 Å². The van der Waals surface area contributed by atoms with Gasteiger partial charge < -0.3 is 33.7 Å². The lowest BCUT2D eigenvalue weighted by Crippen LogP contribution is -2.36. The van der Waals surface area contributed by atoms with E-state index in [1.807, 2.05) is 0 Å². The number of methoxy groups -OCH3 is 1. The second-order valence-electron chi connectivity index (χ2n) is 9.56. The molecule has 2 unspecified atom stereocenters. The first-order valence-electron chi connectivity index (χ1n) is 13.1. The first-order chi connectivity index (χ1) is 18.5. The summed E-state index contributed by atoms with van der Waals surface area (Å²) in [7, 11) is 1.55. The van der Waals surface area contributed by atoms with Crippen molar-refractivity contribution in [1.82, 2.24) is 4.90 Å². The molecule has 3 heterocycles. The van der Waals surface area contributed by atoms with Crippen LogP contribution in [0.15, 0.2) is 42.0 Å². The summed E-state index contributed by atoms with van der Waals surface area (Å²) >= 11 is 0. The van der Waals surface area contributed by atoms with Crippen LogP contribution < -0.4 is 18.9 Å². The molecular formula is C29H33NO8. The first-order valence-corrected chi connectivity index (χ1v) is 13.1. The van der Waals surface area contributed by atoms with E-state index in [2.05, 4.69) is 6.92 Å². The molecule has 3 aliphatic heterocycles. The van der Waals surface area contributed by atoms with Gasteiger partial charge >= 0.3 is 0 Å². The van der Waals surface area contributed by atoms with Crippen LogP contribution in [0.3, 0.4) is 0 Å². The van der Waals surface area contributed by atoms with Crippen molar-refractivity contribution in [2.75, 3.05) is 40.1 Å². The summed E-state index contributed by atoms with van der Waals surface area (Å²) < 4.78 is 28.5. The van der Waals surface area contributed by atoms with E-state index in [4.69, 9.17) is 23.7 Å². The normalized spacial score (nSPS) is 22.1. The van der Waals surface area contributed by atoms with E-state index in [0.717, 1.165) is 25.7 Å². The summed E-state index contributed by atoms with van der Waals surface area (Å²) in [6.07, 6.45) is 3.42. The summed E-state index contributed by atoms with van der Waals surface area (Å²) in [5.41, 5.74) is 0.994. The lowest BCUT2D eigenvalue weighted by atomic mass is 9.94. The van der Waals surface area contributed by atoms with Crippen LogP contribution in [0.2, 0.25) is 0 Å². The predicted octanol–water partition coefficient (Wildman–Crippen LogP) is 4.25. The van der Waals surface area contributed by atoms with Gasteiger partial charge in [-0.05, 0) is 55.2 Å². The number of ketones is 1. The maximum atomic E-state index is 13.4. The molecule has 2 aromatic carbocycles. The minimum atomic E-state index is -0.828. The van der Waals surface area contributed by atoms with Gasteiger partial charge in [-0.15, -0.1) is 0 Å². The number of fused-ring (bicyclic) bond motifs is 1. The molecule has 1 amide bonds.